The van der Waals surface area contributed by atoms with Gasteiger partial charge in [0.25, 0.3) is 5.91 Å². The minimum Gasteiger partial charge on any atom is -0.454 e. The molecule has 7 heteroatoms. The van der Waals surface area contributed by atoms with Gasteiger partial charge in [-0.05, 0) is 38.3 Å². The number of esters is 1. The Balaban J connectivity index is 1.56. The molecule has 0 aromatic heterocycles. The van der Waals surface area contributed by atoms with Crippen LogP contribution in [0.3, 0.4) is 0 Å². The van der Waals surface area contributed by atoms with Crippen molar-refractivity contribution in [1.82, 2.24) is 4.90 Å². The number of carbonyl (C=O) groups is 4. The first-order valence-electron chi connectivity index (χ1n) is 8.94. The predicted molar refractivity (Wildman–Crippen MR) is 97.4 cm³/mol. The Bertz CT molecular complexity index is 790. The largest absolute Gasteiger partial charge is 0.454 e. The Hall–Kier alpha value is -2.96. The van der Waals surface area contributed by atoms with Crippen molar-refractivity contribution in [1.29, 1.82) is 0 Å². The van der Waals surface area contributed by atoms with Gasteiger partial charge in [-0.25, -0.2) is 4.79 Å². The summed E-state index contributed by atoms with van der Waals surface area (Å²) < 4.78 is 5.03. The number of imide groups is 1. The summed E-state index contributed by atoms with van der Waals surface area (Å²) in [6, 6.07) is 6.18. The molecule has 1 aliphatic heterocycles. The number of aryl methyl sites for hydroxylation is 1. The zero-order valence-electron chi connectivity index (χ0n) is 15.3. The van der Waals surface area contributed by atoms with Crippen LogP contribution in [0.4, 0.5) is 5.69 Å². The molecule has 1 aromatic carbocycles. The normalized spacial score (nSPS) is 22.4. The standard InChI is InChI=1S/C20H22N2O5/c1-12-7-3-6-10-16(12)21-17(23)11-27-20(26)13(2)22-18(24)14-8-4-5-9-15(14)19(22)25/h3-7,10,13-15H,8-9,11H2,1-2H3,(H,21,23)/t13-,14+,15+/m0/s1. The van der Waals surface area contributed by atoms with E-state index in [9.17, 15) is 19.2 Å². The van der Waals surface area contributed by atoms with Crippen molar-refractivity contribution in [3.05, 3.63) is 42.0 Å². The highest BCUT2D eigenvalue weighted by Gasteiger charge is 2.50. The van der Waals surface area contributed by atoms with Gasteiger partial charge in [0.05, 0.1) is 11.8 Å². The molecule has 142 valence electrons. The number of nitrogens with one attached hydrogen (secondary N) is 1. The van der Waals surface area contributed by atoms with E-state index in [0.717, 1.165) is 10.5 Å². The number of hydrogen-bond acceptors (Lipinski definition) is 5. The minimum atomic E-state index is -1.05. The fourth-order valence-corrected chi connectivity index (χ4v) is 3.47. The number of fused-ring (bicyclic) bond motifs is 1. The molecule has 1 aliphatic carbocycles. The highest BCUT2D eigenvalue weighted by atomic mass is 16.5. The molecule has 2 aliphatic rings. The number of benzene rings is 1. The first kappa shape index (κ1) is 18.8. The number of anilines is 1. The van der Waals surface area contributed by atoms with Crippen molar-refractivity contribution in [2.45, 2.75) is 32.7 Å². The quantitative estimate of drug-likeness (QED) is 0.485. The van der Waals surface area contributed by atoms with Gasteiger partial charge in [0.1, 0.15) is 6.04 Å². The van der Waals surface area contributed by atoms with Gasteiger partial charge in [0.2, 0.25) is 11.8 Å². The lowest BCUT2D eigenvalue weighted by atomic mass is 9.85. The maximum atomic E-state index is 12.5. The summed E-state index contributed by atoms with van der Waals surface area (Å²) in [6.07, 6.45) is 4.78. The second-order valence-electron chi connectivity index (χ2n) is 6.85. The first-order chi connectivity index (χ1) is 12.9. The number of nitrogens with zero attached hydrogens (tertiary/aromatic N) is 1. The van der Waals surface area contributed by atoms with Crippen molar-refractivity contribution in [3.8, 4) is 0 Å². The molecule has 1 saturated heterocycles. The van der Waals surface area contributed by atoms with Gasteiger partial charge < -0.3 is 10.1 Å². The monoisotopic (exact) mass is 370 g/mol. The maximum Gasteiger partial charge on any atom is 0.329 e. The summed E-state index contributed by atoms with van der Waals surface area (Å²) >= 11 is 0. The third-order valence-corrected chi connectivity index (χ3v) is 5.03. The Morgan fingerprint density at radius 3 is 2.33 bits per heavy atom. The van der Waals surface area contributed by atoms with E-state index < -0.39 is 36.4 Å². The number of para-hydroxylation sites is 1. The number of rotatable bonds is 5. The molecule has 27 heavy (non-hydrogen) atoms. The molecule has 1 N–H and O–H groups in total. The summed E-state index contributed by atoms with van der Waals surface area (Å²) in [4.78, 5) is 50.3. The van der Waals surface area contributed by atoms with Crippen LogP contribution in [0.5, 0.6) is 0 Å². The number of amides is 3. The van der Waals surface area contributed by atoms with E-state index in [0.29, 0.717) is 18.5 Å². The fourth-order valence-electron chi connectivity index (χ4n) is 3.47. The molecule has 0 radical (unpaired) electrons. The molecular formula is C20H22N2O5. The maximum absolute atomic E-state index is 12.5. The Labute approximate surface area is 157 Å². The van der Waals surface area contributed by atoms with Crippen molar-refractivity contribution in [2.75, 3.05) is 11.9 Å². The van der Waals surface area contributed by atoms with Crippen molar-refractivity contribution >= 4 is 29.4 Å². The molecule has 3 rings (SSSR count). The molecular weight excluding hydrogens is 348 g/mol. The van der Waals surface area contributed by atoms with Crippen LogP contribution in [-0.2, 0) is 23.9 Å². The van der Waals surface area contributed by atoms with E-state index in [1.54, 1.807) is 12.1 Å². The fraction of sp³-hybridized carbons (Fsp3) is 0.400. The lowest BCUT2D eigenvalue weighted by molar-refractivity contribution is -0.159. The van der Waals surface area contributed by atoms with E-state index in [-0.39, 0.29) is 11.8 Å². The SMILES string of the molecule is Cc1ccccc1NC(=O)COC(=O)[C@H](C)N1C(=O)[C@@H]2CC=CC[C@H]2C1=O. The molecule has 1 fully saturated rings. The zero-order valence-corrected chi connectivity index (χ0v) is 15.3. The second kappa shape index (κ2) is 7.73. The van der Waals surface area contributed by atoms with Gasteiger partial charge in [0.15, 0.2) is 6.61 Å². The molecule has 3 amide bonds. The van der Waals surface area contributed by atoms with Crippen LogP contribution in [0.25, 0.3) is 0 Å². The summed E-state index contributed by atoms with van der Waals surface area (Å²) in [6.45, 7) is 2.81. The second-order valence-corrected chi connectivity index (χ2v) is 6.85. The smallest absolute Gasteiger partial charge is 0.329 e. The molecule has 1 heterocycles. The number of likely N-dealkylation sites (tertiary alicyclic amines) is 1. The number of carbonyl (C=O) groups excluding carboxylic acids is 4. The molecule has 1 aromatic rings. The lowest BCUT2D eigenvalue weighted by Gasteiger charge is -2.21. The van der Waals surface area contributed by atoms with Gasteiger partial charge in [-0.3, -0.25) is 19.3 Å². The summed E-state index contributed by atoms with van der Waals surface area (Å²) in [7, 11) is 0. The highest BCUT2D eigenvalue weighted by Crippen LogP contribution is 2.36. The predicted octanol–water partition coefficient (Wildman–Crippen LogP) is 1.82. The van der Waals surface area contributed by atoms with Crippen molar-refractivity contribution in [2.24, 2.45) is 11.8 Å². The van der Waals surface area contributed by atoms with Crippen LogP contribution >= 0.6 is 0 Å². The molecule has 0 spiro atoms. The molecule has 0 bridgehead atoms. The van der Waals surface area contributed by atoms with Crippen LogP contribution in [0.1, 0.15) is 25.3 Å². The Morgan fingerprint density at radius 1 is 1.15 bits per heavy atom. The van der Waals surface area contributed by atoms with Crippen molar-refractivity contribution in [3.63, 3.8) is 0 Å². The van der Waals surface area contributed by atoms with E-state index in [1.165, 1.54) is 6.92 Å². The number of ether oxygens (including phenoxy) is 1. The third kappa shape index (κ3) is 3.77. The summed E-state index contributed by atoms with van der Waals surface area (Å²) in [5.41, 5.74) is 1.52. The summed E-state index contributed by atoms with van der Waals surface area (Å²) in [5.74, 6) is -2.75. The highest BCUT2D eigenvalue weighted by molar-refractivity contribution is 6.08. The van der Waals surface area contributed by atoms with Gasteiger partial charge in [-0.1, -0.05) is 30.4 Å². The van der Waals surface area contributed by atoms with Gasteiger partial charge in [0, 0.05) is 5.69 Å². The van der Waals surface area contributed by atoms with Crippen LogP contribution in [0.2, 0.25) is 0 Å². The Morgan fingerprint density at radius 2 is 1.74 bits per heavy atom. The minimum absolute atomic E-state index is 0.344. The molecule has 3 atom stereocenters. The van der Waals surface area contributed by atoms with Crippen LogP contribution in [-0.4, -0.2) is 41.2 Å². The third-order valence-electron chi connectivity index (χ3n) is 5.03. The summed E-state index contributed by atoms with van der Waals surface area (Å²) in [5, 5.41) is 2.66. The van der Waals surface area contributed by atoms with Crippen molar-refractivity contribution < 1.29 is 23.9 Å². The van der Waals surface area contributed by atoms with Crippen LogP contribution < -0.4 is 5.32 Å². The van der Waals surface area contributed by atoms with E-state index in [2.05, 4.69) is 5.32 Å². The topological polar surface area (TPSA) is 92.8 Å². The average Bonchev–Trinajstić information content (AvgIpc) is 2.92. The number of hydrogen-bond donors (Lipinski definition) is 1. The van der Waals surface area contributed by atoms with Gasteiger partial charge >= 0.3 is 5.97 Å². The average molecular weight is 370 g/mol. The van der Waals surface area contributed by atoms with Crippen LogP contribution in [0.15, 0.2) is 36.4 Å². The Kier molecular flexibility index (Phi) is 5.39. The van der Waals surface area contributed by atoms with E-state index in [1.807, 2.05) is 31.2 Å². The number of allylic oxidation sites excluding steroid dienone is 2. The molecule has 7 nitrogen and oxygen atoms in total. The van der Waals surface area contributed by atoms with E-state index >= 15 is 0 Å². The molecule has 0 saturated carbocycles. The van der Waals surface area contributed by atoms with Gasteiger partial charge in [-0.2, -0.15) is 0 Å². The van der Waals surface area contributed by atoms with Gasteiger partial charge in [-0.15, -0.1) is 0 Å². The van der Waals surface area contributed by atoms with E-state index in [4.69, 9.17) is 4.74 Å². The molecule has 0 unspecified atom stereocenters. The lowest BCUT2D eigenvalue weighted by Crippen LogP contribution is -2.45. The van der Waals surface area contributed by atoms with Crippen LogP contribution in [0, 0.1) is 18.8 Å². The zero-order chi connectivity index (χ0) is 19.6. The first-order valence-corrected chi connectivity index (χ1v) is 8.94.